The van der Waals surface area contributed by atoms with Crippen molar-refractivity contribution in [1.29, 1.82) is 0 Å². The average molecular weight is 205 g/mol. The van der Waals surface area contributed by atoms with Crippen molar-refractivity contribution in [2.24, 2.45) is 22.4 Å². The molecule has 76 valence electrons. The van der Waals surface area contributed by atoms with Crippen LogP contribution in [0.5, 0.6) is 0 Å². The molecular formula is C7H15N3O2S. The Kier molecular flexibility index (Phi) is 6.13. The Balaban J connectivity index is 3.36. The fraction of sp³-hybridized carbons (Fsp3) is 0.714. The normalized spacial score (nSPS) is 12.1. The summed E-state index contributed by atoms with van der Waals surface area (Å²) in [5.74, 6) is 0.256. The second-order valence-corrected chi connectivity index (χ2v) is 3.72. The van der Waals surface area contributed by atoms with E-state index in [1.165, 1.54) is 11.8 Å². The summed E-state index contributed by atoms with van der Waals surface area (Å²) in [6.07, 6.45) is 0.639. The molecule has 0 spiro atoms. The highest BCUT2D eigenvalue weighted by atomic mass is 32.2. The number of carbonyl (C=O) groups is 1. The van der Waals surface area contributed by atoms with Crippen LogP contribution in [0.4, 0.5) is 0 Å². The maximum absolute atomic E-state index is 10.4. The lowest BCUT2D eigenvalue weighted by Crippen LogP contribution is -2.22. The van der Waals surface area contributed by atoms with Gasteiger partial charge in [0, 0.05) is 0 Å². The minimum absolute atomic E-state index is 0.0683. The van der Waals surface area contributed by atoms with Gasteiger partial charge in [-0.25, -0.2) is 4.99 Å². The van der Waals surface area contributed by atoms with Gasteiger partial charge in [0.1, 0.15) is 0 Å². The van der Waals surface area contributed by atoms with Crippen LogP contribution >= 0.6 is 11.8 Å². The zero-order valence-corrected chi connectivity index (χ0v) is 8.38. The molecule has 0 radical (unpaired) electrons. The van der Waals surface area contributed by atoms with Crippen molar-refractivity contribution in [3.8, 4) is 0 Å². The zero-order valence-electron chi connectivity index (χ0n) is 7.56. The summed E-state index contributed by atoms with van der Waals surface area (Å²) in [4.78, 5) is 14.1. The van der Waals surface area contributed by atoms with Gasteiger partial charge in [0.15, 0.2) is 5.96 Å². The molecular weight excluding hydrogens is 190 g/mol. The van der Waals surface area contributed by atoms with Crippen LogP contribution in [0.3, 0.4) is 0 Å². The van der Waals surface area contributed by atoms with Crippen molar-refractivity contribution < 1.29 is 9.90 Å². The Labute approximate surface area is 81.6 Å². The van der Waals surface area contributed by atoms with Gasteiger partial charge in [-0.2, -0.15) is 0 Å². The summed E-state index contributed by atoms with van der Waals surface area (Å²) in [7, 11) is 0. The topological polar surface area (TPSA) is 102 Å². The molecule has 0 amide bonds. The van der Waals surface area contributed by atoms with Gasteiger partial charge in [0.25, 0.3) is 0 Å². The molecule has 0 saturated heterocycles. The van der Waals surface area contributed by atoms with Crippen molar-refractivity contribution in [1.82, 2.24) is 0 Å². The van der Waals surface area contributed by atoms with E-state index in [4.69, 9.17) is 16.6 Å². The summed E-state index contributed by atoms with van der Waals surface area (Å²) >= 11 is 1.52. The number of thioether (sulfide) groups is 1. The third-order valence-corrected chi connectivity index (χ3v) is 2.29. The minimum Gasteiger partial charge on any atom is -0.481 e. The first-order chi connectivity index (χ1) is 6.04. The molecule has 0 aromatic heterocycles. The number of carboxylic acid groups (broad SMARTS) is 1. The predicted octanol–water partition coefficient (Wildman–Crippen LogP) is 0.0613. The van der Waals surface area contributed by atoms with Crippen LogP contribution in [-0.2, 0) is 4.79 Å². The summed E-state index contributed by atoms with van der Waals surface area (Å²) < 4.78 is 0. The Hall–Kier alpha value is -0.910. The number of carboxylic acids is 1. The third-order valence-electron chi connectivity index (χ3n) is 1.46. The Bertz CT molecular complexity index is 192. The molecule has 0 heterocycles. The predicted molar refractivity (Wildman–Crippen MR) is 54.6 cm³/mol. The van der Waals surface area contributed by atoms with Gasteiger partial charge < -0.3 is 16.6 Å². The molecule has 6 heteroatoms. The summed E-state index contributed by atoms with van der Waals surface area (Å²) in [6, 6.07) is 0. The molecule has 0 aliphatic rings. The maximum atomic E-state index is 10.4. The SMILES string of the molecule is CC(CCSCN=C(N)N)C(=O)O. The Morgan fingerprint density at radius 2 is 2.23 bits per heavy atom. The molecule has 0 aliphatic carbocycles. The van der Waals surface area contributed by atoms with E-state index in [1.807, 2.05) is 0 Å². The van der Waals surface area contributed by atoms with E-state index in [0.717, 1.165) is 5.75 Å². The molecule has 0 bridgehead atoms. The van der Waals surface area contributed by atoms with E-state index in [9.17, 15) is 4.79 Å². The molecule has 13 heavy (non-hydrogen) atoms. The van der Waals surface area contributed by atoms with E-state index in [-0.39, 0.29) is 11.9 Å². The van der Waals surface area contributed by atoms with Crippen LogP contribution in [0.1, 0.15) is 13.3 Å². The smallest absolute Gasteiger partial charge is 0.306 e. The van der Waals surface area contributed by atoms with Crippen LogP contribution in [-0.4, -0.2) is 28.7 Å². The summed E-state index contributed by atoms with van der Waals surface area (Å²) in [5, 5.41) is 8.55. The second-order valence-electron chi connectivity index (χ2n) is 2.65. The maximum Gasteiger partial charge on any atom is 0.306 e. The van der Waals surface area contributed by atoms with Crippen LogP contribution < -0.4 is 11.5 Å². The van der Waals surface area contributed by atoms with Crippen molar-refractivity contribution in [2.45, 2.75) is 13.3 Å². The van der Waals surface area contributed by atoms with E-state index in [1.54, 1.807) is 6.92 Å². The van der Waals surface area contributed by atoms with Crippen LogP contribution in [0, 0.1) is 5.92 Å². The van der Waals surface area contributed by atoms with Gasteiger partial charge in [-0.05, 0) is 12.2 Å². The molecule has 0 saturated carbocycles. The lowest BCUT2D eigenvalue weighted by molar-refractivity contribution is -0.141. The molecule has 1 unspecified atom stereocenters. The number of aliphatic imine (C=N–C) groups is 1. The van der Waals surface area contributed by atoms with E-state index < -0.39 is 5.97 Å². The molecule has 5 nitrogen and oxygen atoms in total. The van der Waals surface area contributed by atoms with Crippen LogP contribution in [0.2, 0.25) is 0 Å². The first-order valence-corrected chi connectivity index (χ1v) is 5.05. The number of nitrogens with two attached hydrogens (primary N) is 2. The zero-order chi connectivity index (χ0) is 10.3. The standard InChI is InChI=1S/C7H15N3O2S/c1-5(6(11)12)2-3-13-4-10-7(8)9/h5H,2-4H2,1H3,(H,11,12)(H4,8,9,10). The highest BCUT2D eigenvalue weighted by Crippen LogP contribution is 2.09. The molecule has 0 aromatic carbocycles. The number of rotatable bonds is 6. The van der Waals surface area contributed by atoms with Crippen molar-refractivity contribution in [2.75, 3.05) is 11.6 Å². The quantitative estimate of drug-likeness (QED) is 0.323. The highest BCUT2D eigenvalue weighted by Gasteiger charge is 2.09. The van der Waals surface area contributed by atoms with Crippen molar-refractivity contribution >= 4 is 23.7 Å². The van der Waals surface area contributed by atoms with Gasteiger partial charge in [-0.3, -0.25) is 4.79 Å². The van der Waals surface area contributed by atoms with Crippen molar-refractivity contribution in [3.63, 3.8) is 0 Å². The largest absolute Gasteiger partial charge is 0.481 e. The van der Waals surface area contributed by atoms with Crippen molar-refractivity contribution in [3.05, 3.63) is 0 Å². The summed E-state index contributed by atoms with van der Waals surface area (Å²) in [5.41, 5.74) is 10.2. The van der Waals surface area contributed by atoms with E-state index in [2.05, 4.69) is 4.99 Å². The highest BCUT2D eigenvalue weighted by molar-refractivity contribution is 7.99. The van der Waals surface area contributed by atoms with Gasteiger partial charge in [-0.1, -0.05) is 6.92 Å². The number of hydrogen-bond acceptors (Lipinski definition) is 3. The number of hydrogen-bond donors (Lipinski definition) is 3. The lowest BCUT2D eigenvalue weighted by atomic mass is 10.1. The summed E-state index contributed by atoms with van der Waals surface area (Å²) in [6.45, 7) is 1.68. The number of aliphatic carboxylic acids is 1. The van der Waals surface area contributed by atoms with Gasteiger partial charge >= 0.3 is 5.97 Å². The fourth-order valence-electron chi connectivity index (χ4n) is 0.568. The molecule has 0 rings (SSSR count). The van der Waals surface area contributed by atoms with Gasteiger partial charge in [0.2, 0.25) is 0 Å². The lowest BCUT2D eigenvalue weighted by Gasteiger charge is -2.03. The Morgan fingerprint density at radius 1 is 1.62 bits per heavy atom. The monoisotopic (exact) mass is 205 g/mol. The molecule has 5 N–H and O–H groups in total. The minimum atomic E-state index is -0.762. The molecule has 0 aromatic rings. The van der Waals surface area contributed by atoms with Gasteiger partial charge in [-0.15, -0.1) is 11.8 Å². The van der Waals surface area contributed by atoms with E-state index >= 15 is 0 Å². The first kappa shape index (κ1) is 12.1. The Morgan fingerprint density at radius 3 is 2.69 bits per heavy atom. The number of nitrogens with zero attached hydrogens (tertiary/aromatic N) is 1. The van der Waals surface area contributed by atoms with Crippen LogP contribution in [0.25, 0.3) is 0 Å². The average Bonchev–Trinajstić information content (AvgIpc) is 2.02. The number of guanidine groups is 1. The first-order valence-electron chi connectivity index (χ1n) is 3.90. The molecule has 1 atom stereocenters. The molecule has 0 fully saturated rings. The fourth-order valence-corrected chi connectivity index (χ4v) is 1.46. The van der Waals surface area contributed by atoms with E-state index in [0.29, 0.717) is 12.3 Å². The van der Waals surface area contributed by atoms with Crippen LogP contribution in [0.15, 0.2) is 4.99 Å². The molecule has 0 aliphatic heterocycles. The second kappa shape index (κ2) is 6.59. The van der Waals surface area contributed by atoms with Gasteiger partial charge in [0.05, 0.1) is 11.8 Å². The third kappa shape index (κ3) is 7.45.